The van der Waals surface area contributed by atoms with E-state index in [4.69, 9.17) is 9.90 Å². The predicted octanol–water partition coefficient (Wildman–Crippen LogP) is -0.0534. The first-order valence-corrected chi connectivity index (χ1v) is 9.29. The first-order chi connectivity index (χ1) is 14.5. The summed E-state index contributed by atoms with van der Waals surface area (Å²) in [5, 5.41) is 13.7. The van der Waals surface area contributed by atoms with Crippen molar-refractivity contribution < 1.29 is 27.9 Å². The number of anilines is 2. The van der Waals surface area contributed by atoms with Crippen molar-refractivity contribution in [2.75, 3.05) is 36.4 Å². The van der Waals surface area contributed by atoms with E-state index in [9.17, 15) is 22.8 Å². The molecule has 1 atom stereocenters. The van der Waals surface area contributed by atoms with Gasteiger partial charge in [0, 0.05) is 39.3 Å². The summed E-state index contributed by atoms with van der Waals surface area (Å²) < 4.78 is 33.2. The van der Waals surface area contributed by atoms with E-state index in [2.05, 4.69) is 32.5 Å². The van der Waals surface area contributed by atoms with Gasteiger partial charge in [-0.15, -0.1) is 0 Å². The number of carboxylic acid groups (broad SMARTS) is 1. The highest BCUT2D eigenvalue weighted by Crippen LogP contribution is 2.30. The van der Waals surface area contributed by atoms with E-state index in [0.29, 0.717) is 17.3 Å². The summed E-state index contributed by atoms with van der Waals surface area (Å²) in [5.41, 5.74) is 0.256. The third kappa shape index (κ3) is 5.74. The van der Waals surface area contributed by atoms with Gasteiger partial charge in [-0.25, -0.2) is 9.78 Å². The lowest BCUT2D eigenvalue weighted by Crippen LogP contribution is -2.55. The zero-order valence-corrected chi connectivity index (χ0v) is 17.2. The van der Waals surface area contributed by atoms with Gasteiger partial charge in [0.1, 0.15) is 11.6 Å². The minimum Gasteiger partial charge on any atom is -0.475 e. The average molecular weight is 444 g/mol. The summed E-state index contributed by atoms with van der Waals surface area (Å²) in [6, 6.07) is 3.01. The van der Waals surface area contributed by atoms with Crippen molar-refractivity contribution in [2.45, 2.75) is 32.7 Å². The van der Waals surface area contributed by atoms with Crippen LogP contribution in [-0.4, -0.2) is 70.0 Å². The number of aliphatic carboxylic acids is 1. The van der Waals surface area contributed by atoms with Crippen molar-refractivity contribution >= 4 is 23.3 Å². The minimum atomic E-state index is -5.08. The SMILES string of the molecule is CC#CN1c2c(nc(CC(C)=O)n(C)c2=O)NC1N1CCNCC1.O=C(O)C(F)(F)F. The highest BCUT2D eigenvalue weighted by molar-refractivity contribution is 5.79. The van der Waals surface area contributed by atoms with Crippen molar-refractivity contribution in [3.8, 4) is 12.0 Å². The number of nitrogens with one attached hydrogen (secondary N) is 2. The number of Topliss-reactive ketones (excluding diaryl/α,β-unsaturated/α-hetero) is 1. The third-order valence-electron chi connectivity index (χ3n) is 4.49. The molecule has 13 heteroatoms. The molecule has 3 N–H and O–H groups in total. The number of rotatable bonds is 3. The number of nitrogens with zero attached hydrogens (tertiary/aromatic N) is 4. The van der Waals surface area contributed by atoms with Gasteiger partial charge in [-0.05, 0) is 13.8 Å². The first-order valence-electron chi connectivity index (χ1n) is 9.29. The molecule has 3 rings (SSSR count). The molecule has 1 unspecified atom stereocenters. The summed E-state index contributed by atoms with van der Waals surface area (Å²) in [6.45, 7) is 6.73. The third-order valence-corrected chi connectivity index (χ3v) is 4.49. The second kappa shape index (κ2) is 9.80. The lowest BCUT2D eigenvalue weighted by Gasteiger charge is -2.35. The zero-order chi connectivity index (χ0) is 23.3. The number of hydrogen-bond acceptors (Lipinski definition) is 8. The van der Waals surface area contributed by atoms with E-state index in [1.54, 1.807) is 18.9 Å². The number of ketones is 1. The van der Waals surface area contributed by atoms with Crippen molar-refractivity contribution in [1.29, 1.82) is 0 Å². The van der Waals surface area contributed by atoms with Crippen molar-refractivity contribution in [3.05, 3.63) is 16.2 Å². The van der Waals surface area contributed by atoms with Gasteiger partial charge in [-0.2, -0.15) is 13.2 Å². The number of fused-ring (bicyclic) bond motifs is 1. The van der Waals surface area contributed by atoms with Crippen LogP contribution in [0.4, 0.5) is 24.7 Å². The molecule has 1 aromatic rings. The number of piperazine rings is 1. The Balaban J connectivity index is 0.000000423. The fourth-order valence-electron chi connectivity index (χ4n) is 3.06. The number of halogens is 3. The largest absolute Gasteiger partial charge is 0.490 e. The number of carboxylic acids is 1. The number of aromatic nitrogens is 2. The van der Waals surface area contributed by atoms with E-state index < -0.39 is 12.1 Å². The van der Waals surface area contributed by atoms with Gasteiger partial charge in [0.2, 0.25) is 0 Å². The van der Waals surface area contributed by atoms with Gasteiger partial charge < -0.3 is 15.7 Å². The monoisotopic (exact) mass is 444 g/mol. The molecule has 0 spiro atoms. The zero-order valence-electron chi connectivity index (χ0n) is 17.2. The Bertz CT molecular complexity index is 960. The molecule has 2 aliphatic rings. The molecule has 31 heavy (non-hydrogen) atoms. The lowest BCUT2D eigenvalue weighted by molar-refractivity contribution is -0.192. The Morgan fingerprint density at radius 2 is 1.87 bits per heavy atom. The van der Waals surface area contributed by atoms with Gasteiger partial charge in [0.25, 0.3) is 5.56 Å². The molecule has 2 aliphatic heterocycles. The second-order valence-corrected chi connectivity index (χ2v) is 6.81. The molecule has 1 saturated heterocycles. The number of hydrogen-bond donors (Lipinski definition) is 3. The maximum atomic E-state index is 12.8. The highest BCUT2D eigenvalue weighted by Gasteiger charge is 2.38. The van der Waals surface area contributed by atoms with E-state index >= 15 is 0 Å². The van der Waals surface area contributed by atoms with Gasteiger partial charge in [-0.1, -0.05) is 5.92 Å². The van der Waals surface area contributed by atoms with E-state index in [1.807, 2.05) is 0 Å². The van der Waals surface area contributed by atoms with Crippen LogP contribution < -0.4 is 21.1 Å². The van der Waals surface area contributed by atoms with E-state index in [1.165, 1.54) is 11.5 Å². The summed E-state index contributed by atoms with van der Waals surface area (Å²) in [4.78, 5) is 41.6. The van der Waals surface area contributed by atoms with Crippen molar-refractivity contribution in [3.63, 3.8) is 0 Å². The minimum absolute atomic E-state index is 0.0284. The molecule has 0 bridgehead atoms. The van der Waals surface area contributed by atoms with Gasteiger partial charge >= 0.3 is 12.1 Å². The quantitative estimate of drug-likeness (QED) is 0.551. The van der Waals surface area contributed by atoms with Crippen LogP contribution >= 0.6 is 0 Å². The Kier molecular flexibility index (Phi) is 7.64. The molecule has 0 saturated carbocycles. The fourth-order valence-corrected chi connectivity index (χ4v) is 3.06. The van der Waals surface area contributed by atoms with Crippen LogP contribution in [0, 0.1) is 12.0 Å². The van der Waals surface area contributed by atoms with Crippen LogP contribution in [0.25, 0.3) is 0 Å². The summed E-state index contributed by atoms with van der Waals surface area (Å²) in [5.74, 6) is 1.05. The van der Waals surface area contributed by atoms with Crippen LogP contribution in [0.5, 0.6) is 0 Å². The summed E-state index contributed by atoms with van der Waals surface area (Å²) in [6.07, 6.45) is -5.17. The maximum Gasteiger partial charge on any atom is 0.490 e. The molecule has 10 nitrogen and oxygen atoms in total. The Morgan fingerprint density at radius 3 is 2.35 bits per heavy atom. The molecular weight excluding hydrogens is 421 g/mol. The van der Waals surface area contributed by atoms with Crippen LogP contribution in [0.15, 0.2) is 4.79 Å². The van der Waals surface area contributed by atoms with Crippen molar-refractivity contribution in [1.82, 2.24) is 19.8 Å². The van der Waals surface area contributed by atoms with Gasteiger partial charge in [-0.3, -0.25) is 24.0 Å². The molecule has 1 aromatic heterocycles. The molecular formula is C18H23F3N6O4. The molecule has 170 valence electrons. The first kappa shape index (κ1) is 24.2. The Hall–Kier alpha value is -3.11. The normalized spacial score (nSPS) is 18.1. The molecule has 0 amide bonds. The van der Waals surface area contributed by atoms with E-state index in [0.717, 1.165) is 26.2 Å². The Labute approximate surface area is 176 Å². The molecule has 0 radical (unpaired) electrons. The molecule has 0 aliphatic carbocycles. The smallest absolute Gasteiger partial charge is 0.475 e. The van der Waals surface area contributed by atoms with Crippen LogP contribution in [0.2, 0.25) is 0 Å². The number of alkyl halides is 3. The highest BCUT2D eigenvalue weighted by atomic mass is 19.4. The van der Waals surface area contributed by atoms with Crippen LogP contribution in [0.1, 0.15) is 19.7 Å². The fraction of sp³-hybridized carbons (Fsp3) is 0.556. The van der Waals surface area contributed by atoms with E-state index in [-0.39, 0.29) is 24.1 Å². The average Bonchev–Trinajstić information content (AvgIpc) is 3.04. The standard InChI is InChI=1S/C16H22N6O2.C2HF3O2/c1-4-7-22-13-14(19-16(22)21-8-5-17-6-9-21)18-12(10-11(2)23)20(3)15(13)24;3-2(4,5)1(6)7/h16-17,19H,5-6,8-10H2,1-3H3;(H,6,7). The molecule has 3 heterocycles. The lowest BCUT2D eigenvalue weighted by atomic mass is 10.3. The van der Waals surface area contributed by atoms with Gasteiger partial charge in [0.05, 0.1) is 6.42 Å². The van der Waals surface area contributed by atoms with Crippen LogP contribution in [0.3, 0.4) is 0 Å². The molecule has 1 fully saturated rings. The number of carbonyl (C=O) groups excluding carboxylic acids is 1. The van der Waals surface area contributed by atoms with Crippen LogP contribution in [-0.2, 0) is 23.1 Å². The molecule has 0 aromatic carbocycles. The predicted molar refractivity (Wildman–Crippen MR) is 105 cm³/mol. The summed E-state index contributed by atoms with van der Waals surface area (Å²) in [7, 11) is 1.64. The summed E-state index contributed by atoms with van der Waals surface area (Å²) >= 11 is 0. The Morgan fingerprint density at radius 1 is 1.29 bits per heavy atom. The number of carbonyl (C=O) groups is 2. The maximum absolute atomic E-state index is 12.8. The second-order valence-electron chi connectivity index (χ2n) is 6.81. The van der Waals surface area contributed by atoms with Crippen molar-refractivity contribution in [2.24, 2.45) is 7.05 Å². The van der Waals surface area contributed by atoms with Gasteiger partial charge in [0.15, 0.2) is 17.8 Å². The topological polar surface area (TPSA) is 120 Å².